The Hall–Kier alpha value is -1.30. The molecule has 1 unspecified atom stereocenters. The molecule has 1 aromatic rings. The van der Waals surface area contributed by atoms with E-state index in [1.165, 1.54) is 14.0 Å². The Morgan fingerprint density at radius 2 is 2.05 bits per heavy atom. The summed E-state index contributed by atoms with van der Waals surface area (Å²) in [6.45, 7) is 2.68. The highest BCUT2D eigenvalue weighted by molar-refractivity contribution is 5.44. The normalized spacial score (nSPS) is 20.6. The smallest absolute Gasteiger partial charge is 0.416 e. The standard InChI is InChI=1S/C15H19F4NO/c1-10-13(15(17,18)19)6-11(7-14(10)21-2)8-20-5-3-4-12(16)9-20/h6-7,12H,3-5,8-9H2,1-2H3. The van der Waals surface area contributed by atoms with E-state index in [0.29, 0.717) is 25.1 Å². The van der Waals surface area contributed by atoms with Gasteiger partial charge in [0.05, 0.1) is 12.7 Å². The highest BCUT2D eigenvalue weighted by atomic mass is 19.4. The van der Waals surface area contributed by atoms with Crippen LogP contribution in [-0.4, -0.2) is 31.3 Å². The van der Waals surface area contributed by atoms with Crippen molar-refractivity contribution < 1.29 is 22.3 Å². The van der Waals surface area contributed by atoms with Crippen molar-refractivity contribution >= 4 is 0 Å². The van der Waals surface area contributed by atoms with E-state index in [-0.39, 0.29) is 17.9 Å². The monoisotopic (exact) mass is 305 g/mol. The molecule has 118 valence electrons. The maximum absolute atomic E-state index is 13.4. The number of halogens is 4. The van der Waals surface area contributed by atoms with E-state index in [4.69, 9.17) is 4.74 Å². The van der Waals surface area contributed by atoms with Gasteiger partial charge < -0.3 is 4.74 Å². The summed E-state index contributed by atoms with van der Waals surface area (Å²) in [4.78, 5) is 1.85. The van der Waals surface area contributed by atoms with Gasteiger partial charge in [-0.05, 0) is 44.0 Å². The maximum atomic E-state index is 13.4. The lowest BCUT2D eigenvalue weighted by atomic mass is 10.0. The van der Waals surface area contributed by atoms with Crippen molar-refractivity contribution in [3.8, 4) is 5.75 Å². The van der Waals surface area contributed by atoms with Crippen LogP contribution in [-0.2, 0) is 12.7 Å². The quantitative estimate of drug-likeness (QED) is 0.784. The summed E-state index contributed by atoms with van der Waals surface area (Å²) in [5, 5.41) is 0. The molecule has 0 spiro atoms. The minimum absolute atomic E-state index is 0.0794. The highest BCUT2D eigenvalue weighted by Gasteiger charge is 2.34. The zero-order valence-electron chi connectivity index (χ0n) is 12.1. The number of methoxy groups -OCH3 is 1. The molecular formula is C15H19F4NO. The van der Waals surface area contributed by atoms with Crippen molar-refractivity contribution in [3.63, 3.8) is 0 Å². The zero-order valence-corrected chi connectivity index (χ0v) is 12.1. The number of alkyl halides is 4. The average Bonchev–Trinajstić information content (AvgIpc) is 2.39. The van der Waals surface area contributed by atoms with Crippen LogP contribution in [0.4, 0.5) is 17.6 Å². The zero-order chi connectivity index (χ0) is 15.6. The Labute approximate surface area is 121 Å². The lowest BCUT2D eigenvalue weighted by molar-refractivity contribution is -0.138. The van der Waals surface area contributed by atoms with Crippen LogP contribution >= 0.6 is 0 Å². The SMILES string of the molecule is COc1cc(CN2CCCC(F)C2)cc(C(F)(F)F)c1C. The lowest BCUT2D eigenvalue weighted by Gasteiger charge is -2.29. The summed E-state index contributed by atoms with van der Waals surface area (Å²) in [6.07, 6.45) is -4.05. The Balaban J connectivity index is 2.27. The van der Waals surface area contributed by atoms with Crippen molar-refractivity contribution in [3.05, 3.63) is 28.8 Å². The van der Waals surface area contributed by atoms with Gasteiger partial charge in [-0.15, -0.1) is 0 Å². The molecule has 0 aliphatic carbocycles. The molecule has 0 amide bonds. The van der Waals surface area contributed by atoms with Crippen LogP contribution in [0.15, 0.2) is 12.1 Å². The molecule has 0 radical (unpaired) electrons. The first-order valence-corrected chi connectivity index (χ1v) is 6.92. The van der Waals surface area contributed by atoms with Gasteiger partial charge in [-0.2, -0.15) is 13.2 Å². The van der Waals surface area contributed by atoms with Gasteiger partial charge in [0, 0.05) is 18.7 Å². The van der Waals surface area contributed by atoms with Crippen LogP contribution in [0.25, 0.3) is 0 Å². The lowest BCUT2D eigenvalue weighted by Crippen LogP contribution is -2.35. The molecule has 1 saturated heterocycles. The van der Waals surface area contributed by atoms with Gasteiger partial charge in [-0.1, -0.05) is 0 Å². The third-order valence-electron chi connectivity index (χ3n) is 3.80. The molecule has 1 heterocycles. The third-order valence-corrected chi connectivity index (χ3v) is 3.80. The third kappa shape index (κ3) is 3.87. The number of nitrogens with zero attached hydrogens (tertiary/aromatic N) is 1. The Bertz CT molecular complexity index is 501. The fourth-order valence-corrected chi connectivity index (χ4v) is 2.74. The fourth-order valence-electron chi connectivity index (χ4n) is 2.74. The largest absolute Gasteiger partial charge is 0.496 e. The second-order valence-electron chi connectivity index (χ2n) is 5.44. The molecule has 1 aliphatic rings. The molecule has 0 N–H and O–H groups in total. The molecule has 0 saturated carbocycles. The van der Waals surface area contributed by atoms with E-state index in [9.17, 15) is 17.6 Å². The maximum Gasteiger partial charge on any atom is 0.416 e. The summed E-state index contributed by atoms with van der Waals surface area (Å²) in [5.41, 5.74) is -0.111. The fraction of sp³-hybridized carbons (Fsp3) is 0.600. The average molecular weight is 305 g/mol. The minimum Gasteiger partial charge on any atom is -0.496 e. The molecular weight excluding hydrogens is 286 g/mol. The summed E-state index contributed by atoms with van der Waals surface area (Å²) < 4.78 is 57.6. The first kappa shape index (κ1) is 16.1. The van der Waals surface area contributed by atoms with E-state index in [1.54, 1.807) is 6.07 Å². The molecule has 1 aliphatic heterocycles. The van der Waals surface area contributed by atoms with Gasteiger partial charge >= 0.3 is 6.18 Å². The number of hydrogen-bond donors (Lipinski definition) is 0. The molecule has 21 heavy (non-hydrogen) atoms. The van der Waals surface area contributed by atoms with Crippen LogP contribution < -0.4 is 4.74 Å². The van der Waals surface area contributed by atoms with Crippen molar-refractivity contribution in [1.82, 2.24) is 4.90 Å². The Kier molecular flexibility index (Phi) is 4.76. The van der Waals surface area contributed by atoms with Crippen LogP contribution in [0.5, 0.6) is 5.75 Å². The number of ether oxygens (including phenoxy) is 1. The second-order valence-corrected chi connectivity index (χ2v) is 5.44. The number of hydrogen-bond acceptors (Lipinski definition) is 2. The van der Waals surface area contributed by atoms with Gasteiger partial charge in [-0.3, -0.25) is 4.90 Å². The predicted octanol–water partition coefficient (Wildman–Crippen LogP) is 3.96. The second kappa shape index (κ2) is 6.22. The van der Waals surface area contributed by atoms with E-state index < -0.39 is 17.9 Å². The minimum atomic E-state index is -4.42. The van der Waals surface area contributed by atoms with Gasteiger partial charge in [0.25, 0.3) is 0 Å². The molecule has 2 rings (SSSR count). The number of benzene rings is 1. The summed E-state index contributed by atoms with van der Waals surface area (Å²) in [7, 11) is 1.35. The summed E-state index contributed by atoms with van der Waals surface area (Å²) in [6, 6.07) is 2.74. The van der Waals surface area contributed by atoms with Gasteiger partial charge in [-0.25, -0.2) is 4.39 Å². The van der Waals surface area contributed by atoms with Crippen LogP contribution in [0.3, 0.4) is 0 Å². The van der Waals surface area contributed by atoms with Gasteiger partial charge in [0.15, 0.2) is 0 Å². The van der Waals surface area contributed by atoms with Crippen LogP contribution in [0, 0.1) is 6.92 Å². The van der Waals surface area contributed by atoms with Crippen LogP contribution in [0.2, 0.25) is 0 Å². The summed E-state index contributed by atoms with van der Waals surface area (Å²) >= 11 is 0. The molecule has 1 fully saturated rings. The predicted molar refractivity (Wildman–Crippen MR) is 72.1 cm³/mol. The summed E-state index contributed by atoms with van der Waals surface area (Å²) in [5.74, 6) is 0.216. The first-order valence-electron chi connectivity index (χ1n) is 6.92. The van der Waals surface area contributed by atoms with E-state index in [2.05, 4.69) is 0 Å². The van der Waals surface area contributed by atoms with E-state index in [1.807, 2.05) is 4.90 Å². The van der Waals surface area contributed by atoms with Crippen molar-refractivity contribution in [2.24, 2.45) is 0 Å². The van der Waals surface area contributed by atoms with Crippen LogP contribution in [0.1, 0.15) is 29.5 Å². The topological polar surface area (TPSA) is 12.5 Å². The number of piperidine rings is 1. The van der Waals surface area contributed by atoms with E-state index >= 15 is 0 Å². The Morgan fingerprint density at radius 3 is 2.62 bits per heavy atom. The van der Waals surface area contributed by atoms with Crippen molar-refractivity contribution in [2.75, 3.05) is 20.2 Å². The molecule has 1 aromatic carbocycles. The molecule has 6 heteroatoms. The van der Waals surface area contributed by atoms with Crippen molar-refractivity contribution in [2.45, 2.75) is 38.7 Å². The molecule has 0 bridgehead atoms. The number of likely N-dealkylation sites (tertiary alicyclic amines) is 1. The Morgan fingerprint density at radius 1 is 1.33 bits per heavy atom. The molecule has 1 atom stereocenters. The van der Waals surface area contributed by atoms with E-state index in [0.717, 1.165) is 12.5 Å². The molecule has 0 aromatic heterocycles. The number of rotatable bonds is 3. The van der Waals surface area contributed by atoms with Crippen molar-refractivity contribution in [1.29, 1.82) is 0 Å². The first-order chi connectivity index (χ1) is 9.81. The van der Waals surface area contributed by atoms with Gasteiger partial charge in [0.1, 0.15) is 11.9 Å². The van der Waals surface area contributed by atoms with Gasteiger partial charge in [0.2, 0.25) is 0 Å². The molecule has 2 nitrogen and oxygen atoms in total. The highest BCUT2D eigenvalue weighted by Crippen LogP contribution is 2.37.